The molecule has 1 heterocycles. The van der Waals surface area contributed by atoms with Gasteiger partial charge in [0.25, 0.3) is 0 Å². The molecule has 266 valence electrons. The first-order chi connectivity index (χ1) is 28.2. The number of fused-ring (bicyclic) bond motifs is 4. The van der Waals surface area contributed by atoms with Crippen LogP contribution >= 0.6 is 0 Å². The van der Waals surface area contributed by atoms with Gasteiger partial charge in [0, 0.05) is 50.4 Å². The van der Waals surface area contributed by atoms with Gasteiger partial charge in [-0.15, -0.1) is 0 Å². The number of anilines is 6. The predicted octanol–water partition coefficient (Wildman–Crippen LogP) is 15.7. The molecule has 0 bridgehead atoms. The number of rotatable bonds is 6. The highest BCUT2D eigenvalue weighted by atomic mass is 16.5. The van der Waals surface area contributed by atoms with Gasteiger partial charge in [-0.2, -0.15) is 0 Å². The molecule has 0 aromatic heterocycles. The van der Waals surface area contributed by atoms with Gasteiger partial charge in [0.15, 0.2) is 0 Å². The molecule has 1 aliphatic heterocycles. The summed E-state index contributed by atoms with van der Waals surface area (Å²) in [6.07, 6.45) is 0. The number of benzene rings is 11. The van der Waals surface area contributed by atoms with Crippen LogP contribution in [-0.2, 0) is 0 Å². The van der Waals surface area contributed by atoms with Crippen molar-refractivity contribution < 1.29 is 4.74 Å². The Morgan fingerprint density at radius 2 is 0.825 bits per heavy atom. The van der Waals surface area contributed by atoms with Gasteiger partial charge in [-0.25, -0.2) is 0 Å². The van der Waals surface area contributed by atoms with Gasteiger partial charge < -0.3 is 14.5 Å². The van der Waals surface area contributed by atoms with E-state index in [2.05, 4.69) is 216 Å². The third kappa shape index (κ3) is 4.99. The minimum absolute atomic E-state index is 0.864. The maximum Gasteiger partial charge on any atom is 0.138 e. The largest absolute Gasteiger partial charge is 0.456 e. The van der Waals surface area contributed by atoms with Crippen molar-refractivity contribution >= 4 is 98.8 Å². The van der Waals surface area contributed by atoms with E-state index in [0.29, 0.717) is 0 Å². The zero-order valence-corrected chi connectivity index (χ0v) is 30.9. The van der Waals surface area contributed by atoms with E-state index in [1.165, 1.54) is 43.1 Å². The molecule has 0 spiro atoms. The number of nitrogens with zero attached hydrogens (tertiary/aromatic N) is 2. The molecular weight excluding hydrogens is 693 g/mol. The van der Waals surface area contributed by atoms with Crippen LogP contribution in [0.4, 0.5) is 34.1 Å². The minimum atomic E-state index is 0.864. The molecule has 11 aromatic carbocycles. The van der Waals surface area contributed by atoms with Crippen molar-refractivity contribution in [1.29, 1.82) is 0 Å². The van der Waals surface area contributed by atoms with Crippen molar-refractivity contribution in [2.24, 2.45) is 0 Å². The average molecular weight is 727 g/mol. The first-order valence-corrected chi connectivity index (χ1v) is 19.5. The molecule has 0 saturated carbocycles. The smallest absolute Gasteiger partial charge is 0.138 e. The van der Waals surface area contributed by atoms with Crippen LogP contribution in [0.1, 0.15) is 0 Å². The number of hydrogen-bond donors (Lipinski definition) is 0. The SMILES string of the molecule is c1ccc(N(c2ccc3c(ccc4ccccc43)c2)c2cc3c4c(ccc5cc(N(c6ccccc6)c6ccc7ccccc7c6)c6cccc(c6c54)O3)c2)cc1. The maximum absolute atomic E-state index is 7.02. The molecule has 0 amide bonds. The summed E-state index contributed by atoms with van der Waals surface area (Å²) in [6.45, 7) is 0. The van der Waals surface area contributed by atoms with E-state index >= 15 is 0 Å². The summed E-state index contributed by atoms with van der Waals surface area (Å²) in [7, 11) is 0. The van der Waals surface area contributed by atoms with Gasteiger partial charge in [-0.3, -0.25) is 0 Å². The van der Waals surface area contributed by atoms with Crippen molar-refractivity contribution in [3.63, 3.8) is 0 Å². The lowest BCUT2D eigenvalue weighted by Crippen LogP contribution is -2.11. The molecule has 0 fully saturated rings. The summed E-state index contributed by atoms with van der Waals surface area (Å²) < 4.78 is 7.02. The quantitative estimate of drug-likeness (QED) is 0.159. The fourth-order valence-electron chi connectivity index (χ4n) is 9.13. The third-order valence-electron chi connectivity index (χ3n) is 11.7. The fraction of sp³-hybridized carbons (Fsp3) is 0. The van der Waals surface area contributed by atoms with Gasteiger partial charge >= 0.3 is 0 Å². The second-order valence-electron chi connectivity index (χ2n) is 14.9. The second kappa shape index (κ2) is 12.5. The first-order valence-electron chi connectivity index (χ1n) is 19.5. The topological polar surface area (TPSA) is 15.7 Å². The molecule has 0 unspecified atom stereocenters. The molecule has 1 aliphatic rings. The zero-order chi connectivity index (χ0) is 37.5. The van der Waals surface area contributed by atoms with Crippen LogP contribution in [0.25, 0.3) is 64.6 Å². The van der Waals surface area contributed by atoms with Crippen LogP contribution in [0.2, 0.25) is 0 Å². The average Bonchev–Trinajstić information content (AvgIpc) is 3.27. The van der Waals surface area contributed by atoms with Crippen LogP contribution in [0.15, 0.2) is 206 Å². The summed E-state index contributed by atoms with van der Waals surface area (Å²) in [4.78, 5) is 4.73. The number of ether oxygens (including phenoxy) is 1. The van der Waals surface area contributed by atoms with E-state index < -0.39 is 0 Å². The summed E-state index contributed by atoms with van der Waals surface area (Å²) in [5, 5.41) is 14.4. The van der Waals surface area contributed by atoms with Gasteiger partial charge in [-0.1, -0.05) is 133 Å². The maximum atomic E-state index is 7.02. The summed E-state index contributed by atoms with van der Waals surface area (Å²) in [5.41, 5.74) is 6.55. The van der Waals surface area contributed by atoms with Gasteiger partial charge in [0.1, 0.15) is 11.5 Å². The van der Waals surface area contributed by atoms with Crippen LogP contribution in [-0.4, -0.2) is 0 Å². The Bertz CT molecular complexity index is 3390. The van der Waals surface area contributed by atoms with E-state index in [-0.39, 0.29) is 0 Å². The highest BCUT2D eigenvalue weighted by Crippen LogP contribution is 2.53. The van der Waals surface area contributed by atoms with Gasteiger partial charge in [0.05, 0.1) is 11.4 Å². The molecule has 0 aliphatic carbocycles. The molecule has 3 heteroatoms. The van der Waals surface area contributed by atoms with E-state index in [1.54, 1.807) is 0 Å². The molecule has 12 rings (SSSR count). The molecule has 0 atom stereocenters. The molecule has 3 nitrogen and oxygen atoms in total. The number of hydrogen-bond acceptors (Lipinski definition) is 3. The van der Waals surface area contributed by atoms with Gasteiger partial charge in [-0.05, 0) is 110 Å². The lowest BCUT2D eigenvalue weighted by Gasteiger charge is -2.30. The van der Waals surface area contributed by atoms with Crippen LogP contribution in [0.3, 0.4) is 0 Å². The second-order valence-corrected chi connectivity index (χ2v) is 14.9. The Hall–Kier alpha value is -7.62. The predicted molar refractivity (Wildman–Crippen MR) is 241 cm³/mol. The third-order valence-corrected chi connectivity index (χ3v) is 11.7. The summed E-state index contributed by atoms with van der Waals surface area (Å²) >= 11 is 0. The van der Waals surface area contributed by atoms with E-state index in [1.807, 2.05) is 0 Å². The van der Waals surface area contributed by atoms with Crippen molar-refractivity contribution in [2.75, 3.05) is 9.80 Å². The molecule has 11 aromatic rings. The van der Waals surface area contributed by atoms with Crippen molar-refractivity contribution in [1.82, 2.24) is 0 Å². The van der Waals surface area contributed by atoms with Crippen LogP contribution < -0.4 is 14.5 Å². The Labute approximate surface area is 329 Å². The summed E-state index contributed by atoms with van der Waals surface area (Å²) in [5.74, 6) is 1.73. The van der Waals surface area contributed by atoms with Crippen molar-refractivity contribution in [2.45, 2.75) is 0 Å². The number of para-hydroxylation sites is 2. The van der Waals surface area contributed by atoms with Crippen LogP contribution in [0, 0.1) is 0 Å². The molecule has 57 heavy (non-hydrogen) atoms. The highest BCUT2D eigenvalue weighted by molar-refractivity contribution is 6.28. The molecule has 0 radical (unpaired) electrons. The van der Waals surface area contributed by atoms with Gasteiger partial charge in [0.2, 0.25) is 0 Å². The van der Waals surface area contributed by atoms with E-state index in [4.69, 9.17) is 4.74 Å². The molecular formula is C54H34N2O. The molecule has 0 N–H and O–H groups in total. The Balaban J connectivity index is 1.07. The molecule has 0 saturated heterocycles. The Kier molecular flexibility index (Phi) is 6.93. The van der Waals surface area contributed by atoms with E-state index in [9.17, 15) is 0 Å². The standard InChI is InChI=1S/C54H34N2O/c1-3-15-41(16-4-1)55(43-28-29-47-38(31-43)23-22-36-13-9-10-19-46(36)47)45-32-39-24-25-40-33-49(48-20-11-21-50-54(48)53(40)52(39)51(34-45)57-50)56(42-17-5-2-6-18-42)44-27-26-35-12-7-8-14-37(35)30-44/h1-34H. The Morgan fingerprint density at radius 1 is 0.263 bits per heavy atom. The first kappa shape index (κ1) is 31.7. The fourth-order valence-corrected chi connectivity index (χ4v) is 9.13. The minimum Gasteiger partial charge on any atom is -0.456 e. The van der Waals surface area contributed by atoms with Crippen molar-refractivity contribution in [3.05, 3.63) is 206 Å². The zero-order valence-electron chi connectivity index (χ0n) is 30.9. The normalized spacial score (nSPS) is 12.0. The van der Waals surface area contributed by atoms with Crippen molar-refractivity contribution in [3.8, 4) is 11.5 Å². The summed E-state index contributed by atoms with van der Waals surface area (Å²) in [6, 6.07) is 74.4. The highest BCUT2D eigenvalue weighted by Gasteiger charge is 2.26. The lowest BCUT2D eigenvalue weighted by molar-refractivity contribution is 0.493. The lowest BCUT2D eigenvalue weighted by atomic mass is 9.91. The van der Waals surface area contributed by atoms with Crippen LogP contribution in [0.5, 0.6) is 11.5 Å². The van der Waals surface area contributed by atoms with E-state index in [0.717, 1.165) is 67.2 Å². The monoisotopic (exact) mass is 726 g/mol. The Morgan fingerprint density at radius 3 is 1.65 bits per heavy atom.